The van der Waals surface area contributed by atoms with Gasteiger partial charge in [-0.1, -0.05) is 11.8 Å². The molecule has 0 aliphatic carbocycles. The average molecular weight is 234 g/mol. The molecule has 1 heterocycles. The first-order valence-electron chi connectivity index (χ1n) is 3.97. The fourth-order valence-corrected chi connectivity index (χ4v) is 3.10. The molecular formula is C7H10N2O3S2. The van der Waals surface area contributed by atoms with Gasteiger partial charge in [-0.2, -0.15) is 0 Å². The molecule has 0 saturated carbocycles. The normalized spacial score (nSPS) is 20.6. The second-order valence-corrected chi connectivity index (χ2v) is 5.18. The third-order valence-corrected chi connectivity index (χ3v) is 3.72. The van der Waals surface area contributed by atoms with Crippen LogP contribution in [0.25, 0.3) is 0 Å². The van der Waals surface area contributed by atoms with E-state index in [0.29, 0.717) is 10.1 Å². The lowest BCUT2D eigenvalue weighted by Gasteiger charge is -2.29. The van der Waals surface area contributed by atoms with Crippen LogP contribution in [0.15, 0.2) is 10.4 Å². The maximum atomic E-state index is 11.4. The molecule has 14 heavy (non-hydrogen) atoms. The highest BCUT2D eigenvalue weighted by Crippen LogP contribution is 2.37. The van der Waals surface area contributed by atoms with Crippen molar-refractivity contribution >= 4 is 28.8 Å². The molecule has 0 spiro atoms. The minimum atomic E-state index is -0.534. The summed E-state index contributed by atoms with van der Waals surface area (Å²) < 4.78 is 0.455. The molecular weight excluding hydrogens is 224 g/mol. The third kappa shape index (κ3) is 2.91. The molecule has 1 fully saturated rings. The number of hydrogen-bond donors (Lipinski definition) is 0. The lowest BCUT2D eigenvalue weighted by molar-refractivity contribution is -0.402. The quantitative estimate of drug-likeness (QED) is 0.542. The summed E-state index contributed by atoms with van der Waals surface area (Å²) in [6.07, 6.45) is 0.880. The van der Waals surface area contributed by atoms with E-state index in [1.54, 1.807) is 4.90 Å². The lowest BCUT2D eigenvalue weighted by Crippen LogP contribution is -2.35. The molecule has 78 valence electrons. The van der Waals surface area contributed by atoms with Gasteiger partial charge >= 0.3 is 0 Å². The largest absolute Gasteiger partial charge is 0.321 e. The van der Waals surface area contributed by atoms with E-state index < -0.39 is 4.92 Å². The molecule has 7 heteroatoms. The molecule has 1 amide bonds. The second kappa shape index (κ2) is 4.70. The molecule has 0 radical (unpaired) electrons. The number of carbonyl (C=O) groups excluding carboxylic acids is 1. The van der Waals surface area contributed by atoms with Crippen molar-refractivity contribution in [3.63, 3.8) is 0 Å². The first-order chi connectivity index (χ1) is 6.50. The van der Waals surface area contributed by atoms with Crippen molar-refractivity contribution in [1.82, 2.24) is 4.90 Å². The lowest BCUT2D eigenvalue weighted by atomic mass is 10.4. The summed E-state index contributed by atoms with van der Waals surface area (Å²) in [6.45, 7) is 3.84. The fraction of sp³-hybridized carbons (Fsp3) is 0.571. The van der Waals surface area contributed by atoms with Crippen LogP contribution in [0.3, 0.4) is 0 Å². The van der Waals surface area contributed by atoms with E-state index in [2.05, 4.69) is 0 Å². The van der Waals surface area contributed by atoms with Crippen LogP contribution in [0, 0.1) is 10.1 Å². The highest BCUT2D eigenvalue weighted by atomic mass is 32.2. The Morgan fingerprint density at radius 3 is 2.71 bits per heavy atom. The molecule has 1 aliphatic rings. The Morgan fingerprint density at radius 2 is 2.29 bits per heavy atom. The van der Waals surface area contributed by atoms with Crippen molar-refractivity contribution in [2.75, 3.05) is 5.88 Å². The van der Waals surface area contributed by atoms with Crippen LogP contribution in [0.5, 0.6) is 0 Å². The predicted octanol–water partition coefficient (Wildman–Crippen LogP) is 2.33. The summed E-state index contributed by atoms with van der Waals surface area (Å²) in [4.78, 5) is 22.7. The van der Waals surface area contributed by atoms with Gasteiger partial charge in [0.05, 0.1) is 10.8 Å². The van der Waals surface area contributed by atoms with Crippen LogP contribution in [0.1, 0.15) is 13.8 Å². The number of hydrogen-bond acceptors (Lipinski definition) is 5. The zero-order valence-electron chi connectivity index (χ0n) is 7.80. The topological polar surface area (TPSA) is 63.4 Å². The van der Waals surface area contributed by atoms with Crippen LogP contribution in [0.4, 0.5) is 4.79 Å². The van der Waals surface area contributed by atoms with E-state index in [-0.39, 0.29) is 11.3 Å². The van der Waals surface area contributed by atoms with E-state index >= 15 is 0 Å². The summed E-state index contributed by atoms with van der Waals surface area (Å²) in [7, 11) is 0. The Hall–Kier alpha value is -0.690. The molecule has 0 aromatic rings. The molecule has 1 rings (SSSR count). The van der Waals surface area contributed by atoms with E-state index in [9.17, 15) is 14.9 Å². The molecule has 5 nitrogen and oxygen atoms in total. The van der Waals surface area contributed by atoms with Gasteiger partial charge in [0.25, 0.3) is 11.4 Å². The van der Waals surface area contributed by atoms with Gasteiger partial charge in [-0.05, 0) is 25.6 Å². The molecule has 0 N–H and O–H groups in total. The maximum Gasteiger partial charge on any atom is 0.288 e. The van der Waals surface area contributed by atoms with Gasteiger partial charge < -0.3 is 4.90 Å². The smallest absolute Gasteiger partial charge is 0.288 e. The molecule has 1 saturated heterocycles. The van der Waals surface area contributed by atoms with Gasteiger partial charge in [-0.15, -0.1) is 0 Å². The monoisotopic (exact) mass is 234 g/mol. The van der Waals surface area contributed by atoms with Crippen molar-refractivity contribution in [3.8, 4) is 0 Å². The Morgan fingerprint density at radius 1 is 1.64 bits per heavy atom. The molecule has 0 aromatic carbocycles. The summed E-state index contributed by atoms with van der Waals surface area (Å²) in [5, 5.41) is 10.0. The number of nitro groups is 1. The molecule has 1 aliphatic heterocycles. The minimum Gasteiger partial charge on any atom is -0.321 e. The third-order valence-electron chi connectivity index (χ3n) is 1.60. The Bertz CT molecular complexity index is 291. The van der Waals surface area contributed by atoms with Gasteiger partial charge in [0.15, 0.2) is 0 Å². The zero-order chi connectivity index (χ0) is 10.7. The Labute approximate surface area is 90.1 Å². The van der Waals surface area contributed by atoms with Crippen LogP contribution in [-0.4, -0.2) is 27.0 Å². The SMILES string of the molecule is CC(C)N1CSC(=C[N+](=O)[O-])SC1=O. The highest BCUT2D eigenvalue weighted by Gasteiger charge is 2.26. The van der Waals surface area contributed by atoms with E-state index in [4.69, 9.17) is 0 Å². The van der Waals surface area contributed by atoms with Crippen LogP contribution >= 0.6 is 23.5 Å². The van der Waals surface area contributed by atoms with E-state index in [0.717, 1.165) is 18.0 Å². The Balaban J connectivity index is 2.64. The Kier molecular flexibility index (Phi) is 3.82. The summed E-state index contributed by atoms with van der Waals surface area (Å²) in [6, 6.07) is 0.139. The highest BCUT2D eigenvalue weighted by molar-refractivity contribution is 8.30. The summed E-state index contributed by atoms with van der Waals surface area (Å²) in [5.41, 5.74) is 0. The van der Waals surface area contributed by atoms with Gasteiger partial charge in [0.1, 0.15) is 4.24 Å². The van der Waals surface area contributed by atoms with Gasteiger partial charge in [0, 0.05) is 6.04 Å². The number of carbonyl (C=O) groups is 1. The minimum absolute atomic E-state index is 0.119. The molecule has 0 atom stereocenters. The zero-order valence-corrected chi connectivity index (χ0v) is 9.43. The maximum absolute atomic E-state index is 11.4. The molecule has 0 aromatic heterocycles. The number of thioether (sulfide) groups is 2. The predicted molar refractivity (Wildman–Crippen MR) is 57.5 cm³/mol. The van der Waals surface area contributed by atoms with Crippen LogP contribution in [0.2, 0.25) is 0 Å². The summed E-state index contributed by atoms with van der Waals surface area (Å²) in [5.74, 6) is 0.489. The van der Waals surface area contributed by atoms with E-state index in [1.807, 2.05) is 13.8 Å². The van der Waals surface area contributed by atoms with Crippen LogP contribution < -0.4 is 0 Å². The van der Waals surface area contributed by atoms with Gasteiger partial charge in [-0.25, -0.2) is 0 Å². The first kappa shape index (κ1) is 11.4. The van der Waals surface area contributed by atoms with Crippen LogP contribution in [-0.2, 0) is 0 Å². The second-order valence-electron chi connectivity index (χ2n) is 2.94. The fourth-order valence-electron chi connectivity index (χ4n) is 0.870. The molecule has 0 unspecified atom stereocenters. The van der Waals surface area contributed by atoms with Crippen molar-refractivity contribution in [1.29, 1.82) is 0 Å². The number of amides is 1. The van der Waals surface area contributed by atoms with E-state index in [1.165, 1.54) is 11.8 Å². The van der Waals surface area contributed by atoms with Crippen molar-refractivity contribution in [2.45, 2.75) is 19.9 Å². The molecule has 0 bridgehead atoms. The van der Waals surface area contributed by atoms with Crippen molar-refractivity contribution < 1.29 is 9.72 Å². The van der Waals surface area contributed by atoms with Crippen molar-refractivity contribution in [2.24, 2.45) is 0 Å². The number of nitrogens with zero attached hydrogens (tertiary/aromatic N) is 2. The number of rotatable bonds is 2. The average Bonchev–Trinajstić information content (AvgIpc) is 2.01. The first-order valence-corrected chi connectivity index (χ1v) is 5.77. The summed E-state index contributed by atoms with van der Waals surface area (Å²) >= 11 is 2.24. The standard InChI is InChI=1S/C7H10N2O3S2/c1-5(2)8-4-13-6(3-9(11)12)14-7(8)10/h3,5H,4H2,1-2H3. The van der Waals surface area contributed by atoms with Gasteiger partial charge in [-0.3, -0.25) is 14.9 Å². The van der Waals surface area contributed by atoms with Gasteiger partial charge in [0.2, 0.25) is 0 Å². The van der Waals surface area contributed by atoms with Crippen molar-refractivity contribution in [3.05, 3.63) is 20.6 Å².